The maximum Gasteiger partial charge on any atom is 2.00 e. The van der Waals surface area contributed by atoms with Crippen molar-refractivity contribution in [2.75, 3.05) is 0 Å². The minimum absolute atomic E-state index is 0. The molecule has 3 fully saturated rings. The summed E-state index contributed by atoms with van der Waals surface area (Å²) in [5, 5.41) is 0. The zero-order chi connectivity index (χ0) is 13.8. The molecule has 106 valence electrons. The van der Waals surface area contributed by atoms with Gasteiger partial charge in [0, 0.05) is 12.1 Å². The van der Waals surface area contributed by atoms with Gasteiger partial charge in [-0.15, -0.1) is 0 Å². The Morgan fingerprint density at radius 2 is 1.45 bits per heavy atom. The fourth-order valence-electron chi connectivity index (χ4n) is 2.55. The molecule has 0 amide bonds. The van der Waals surface area contributed by atoms with Crippen LogP contribution >= 0.6 is 0 Å². The van der Waals surface area contributed by atoms with Crippen LogP contribution in [-0.4, -0.2) is 28.8 Å². The summed E-state index contributed by atoms with van der Waals surface area (Å²) in [5.74, 6) is 1.13. The Balaban J connectivity index is 0.000000283. The first-order valence-corrected chi connectivity index (χ1v) is 6.83. The average molecular weight is 311 g/mol. The Morgan fingerprint density at radius 3 is 1.80 bits per heavy atom. The molecule has 1 unspecified atom stereocenters. The third kappa shape index (κ3) is 4.58. The van der Waals surface area contributed by atoms with Crippen LogP contribution in [0, 0.1) is 63.7 Å². The molecule has 0 bridgehead atoms. The number of hydrogen-bond donors (Lipinski definition) is 0. The molecule has 1 aliphatic heterocycles. The van der Waals surface area contributed by atoms with E-state index in [1.807, 2.05) is 57.8 Å². The van der Waals surface area contributed by atoms with Crippen LogP contribution in [0.4, 0.5) is 0 Å². The van der Waals surface area contributed by atoms with E-state index in [1.54, 1.807) is 0 Å². The van der Waals surface area contributed by atoms with Crippen LogP contribution in [0.25, 0.3) is 0 Å². The van der Waals surface area contributed by atoms with Crippen molar-refractivity contribution in [3.05, 3.63) is 63.7 Å². The van der Waals surface area contributed by atoms with E-state index in [4.69, 9.17) is 0 Å². The first-order chi connectivity index (χ1) is 9.13. The van der Waals surface area contributed by atoms with Crippen molar-refractivity contribution >= 4 is 5.78 Å². The summed E-state index contributed by atoms with van der Waals surface area (Å²) < 4.78 is 0. The Hall–Kier alpha value is 0.149. The molecule has 0 N–H and O–H groups in total. The SMILES string of the molecule is CC(C)N1[C@H](C(=O)[C]2[CH][CH][CH][CH]2)[C@@H]1C.[CH]1[CH][CH][CH][CH]1.[Fe+2]. The molecule has 10 radical (unpaired) electrons. The van der Waals surface area contributed by atoms with Crippen LogP contribution in [0.15, 0.2) is 0 Å². The van der Waals surface area contributed by atoms with E-state index >= 15 is 0 Å². The molecule has 0 aromatic rings. The van der Waals surface area contributed by atoms with Gasteiger partial charge in [-0.2, -0.15) is 0 Å². The van der Waals surface area contributed by atoms with E-state index in [1.165, 1.54) is 0 Å². The van der Waals surface area contributed by atoms with Gasteiger partial charge in [-0.3, -0.25) is 9.69 Å². The molecule has 1 heterocycles. The second-order valence-corrected chi connectivity index (χ2v) is 5.23. The van der Waals surface area contributed by atoms with Crippen molar-refractivity contribution in [3.63, 3.8) is 0 Å². The molecule has 3 heteroatoms. The van der Waals surface area contributed by atoms with E-state index in [2.05, 4.69) is 25.7 Å². The van der Waals surface area contributed by atoms with Gasteiger partial charge in [0.25, 0.3) is 0 Å². The number of Topliss-reactive ketones (excluding diaryl/α,β-unsaturated/α-hetero) is 1. The summed E-state index contributed by atoms with van der Waals surface area (Å²) in [6, 6.07) is 1.00. The molecule has 2 aliphatic carbocycles. The predicted molar refractivity (Wildman–Crippen MR) is 77.2 cm³/mol. The Morgan fingerprint density at radius 1 is 1.00 bits per heavy atom. The summed E-state index contributed by atoms with van der Waals surface area (Å²) in [6.07, 6.45) is 17.6. The normalized spacial score (nSPS) is 32.5. The third-order valence-corrected chi connectivity index (χ3v) is 3.53. The number of nitrogens with zero attached hydrogens (tertiary/aromatic N) is 1. The van der Waals surface area contributed by atoms with Crippen molar-refractivity contribution in [3.8, 4) is 0 Å². The monoisotopic (exact) mass is 311 g/mol. The largest absolute Gasteiger partial charge is 2.00 e. The maximum atomic E-state index is 12.0. The van der Waals surface area contributed by atoms with Gasteiger partial charge >= 0.3 is 17.1 Å². The Bertz CT molecular complexity index is 288. The molecule has 3 atom stereocenters. The summed E-state index contributed by atoms with van der Waals surface area (Å²) in [6.45, 7) is 6.38. The Kier molecular flexibility index (Phi) is 7.79. The summed E-state index contributed by atoms with van der Waals surface area (Å²) in [7, 11) is 0. The van der Waals surface area contributed by atoms with Crippen molar-refractivity contribution in [2.24, 2.45) is 0 Å². The minimum atomic E-state index is 0. The maximum absolute atomic E-state index is 12.0. The van der Waals surface area contributed by atoms with Gasteiger partial charge in [0.1, 0.15) is 0 Å². The summed E-state index contributed by atoms with van der Waals surface area (Å²) in [5.41, 5.74) is 0. The van der Waals surface area contributed by atoms with E-state index in [-0.39, 0.29) is 28.9 Å². The zero-order valence-corrected chi connectivity index (χ0v) is 13.2. The minimum Gasteiger partial charge on any atom is -0.297 e. The fourth-order valence-corrected chi connectivity index (χ4v) is 2.55. The van der Waals surface area contributed by atoms with E-state index in [0.717, 1.165) is 5.92 Å². The van der Waals surface area contributed by atoms with Crippen LogP contribution in [-0.2, 0) is 21.9 Å². The van der Waals surface area contributed by atoms with Gasteiger partial charge < -0.3 is 0 Å². The van der Waals surface area contributed by atoms with Gasteiger partial charge in [0.15, 0.2) is 5.78 Å². The molecule has 2 nitrogen and oxygen atoms in total. The predicted octanol–water partition coefficient (Wildman–Crippen LogP) is 2.46. The third-order valence-electron chi connectivity index (χ3n) is 3.53. The molecule has 3 rings (SSSR count). The number of carbonyl (C=O) groups is 1. The van der Waals surface area contributed by atoms with E-state index in [0.29, 0.717) is 12.1 Å². The van der Waals surface area contributed by atoms with Crippen LogP contribution in [0.3, 0.4) is 0 Å². The van der Waals surface area contributed by atoms with Gasteiger partial charge in [0.2, 0.25) is 0 Å². The average Bonchev–Trinajstić information content (AvgIpc) is 2.93. The molecule has 0 spiro atoms. The molecular weight excluding hydrogens is 290 g/mol. The summed E-state index contributed by atoms with van der Waals surface area (Å²) in [4.78, 5) is 14.2. The molecule has 0 aromatic carbocycles. The first kappa shape index (κ1) is 18.2. The van der Waals surface area contributed by atoms with Crippen LogP contribution in [0.2, 0.25) is 0 Å². The topological polar surface area (TPSA) is 20.1 Å². The number of rotatable bonds is 3. The molecule has 20 heavy (non-hydrogen) atoms. The van der Waals surface area contributed by atoms with Gasteiger partial charge in [-0.1, -0.05) is 0 Å². The van der Waals surface area contributed by atoms with Gasteiger partial charge in [-0.25, -0.2) is 0 Å². The van der Waals surface area contributed by atoms with Crippen LogP contribution in [0.5, 0.6) is 0 Å². The quantitative estimate of drug-likeness (QED) is 0.589. The van der Waals surface area contributed by atoms with Crippen molar-refractivity contribution in [1.29, 1.82) is 0 Å². The second-order valence-electron chi connectivity index (χ2n) is 5.23. The number of hydrogen-bond acceptors (Lipinski definition) is 2. The van der Waals surface area contributed by atoms with Crippen LogP contribution in [0.1, 0.15) is 20.8 Å². The van der Waals surface area contributed by atoms with Crippen molar-refractivity contribution in [2.45, 2.75) is 38.9 Å². The smallest absolute Gasteiger partial charge is 0.297 e. The van der Waals surface area contributed by atoms with E-state index in [9.17, 15) is 4.79 Å². The number of ketones is 1. The second kappa shape index (κ2) is 8.56. The molecule has 2 saturated carbocycles. The standard InChI is InChI=1S/C12H16NO.C5H5.Fe/c1-8(2)13-9(3)11(13)12(14)10-6-4-5-7-10;1-2-4-5-3-1;/h4-9,11H,1-3H3;1-5H;/q;;+2/t9-,11-,13?;;/m0../s1. The first-order valence-electron chi connectivity index (χ1n) is 6.83. The van der Waals surface area contributed by atoms with Crippen LogP contribution < -0.4 is 0 Å². The van der Waals surface area contributed by atoms with Gasteiger partial charge in [0.05, 0.1) is 12.0 Å². The molecular formula is C17H21FeNO+2. The van der Waals surface area contributed by atoms with Crippen molar-refractivity contribution in [1.82, 2.24) is 4.90 Å². The van der Waals surface area contributed by atoms with Gasteiger partial charge in [-0.05, 0) is 78.6 Å². The summed E-state index contributed by atoms with van der Waals surface area (Å²) >= 11 is 0. The number of carbonyl (C=O) groups excluding carboxylic acids is 1. The molecule has 0 aromatic heterocycles. The zero-order valence-electron chi connectivity index (χ0n) is 12.1. The molecule has 1 saturated heterocycles. The van der Waals surface area contributed by atoms with E-state index < -0.39 is 0 Å². The Labute approximate surface area is 135 Å². The molecule has 3 aliphatic rings. The fraction of sp³-hybridized carbons (Fsp3) is 0.353. The van der Waals surface area contributed by atoms with Crippen molar-refractivity contribution < 1.29 is 21.9 Å².